The van der Waals surface area contributed by atoms with E-state index in [1.807, 2.05) is 24.3 Å². The number of hydrogen-bond acceptors (Lipinski definition) is 5. The molecule has 36 heavy (non-hydrogen) atoms. The lowest BCUT2D eigenvalue weighted by atomic mass is 9.98. The molecule has 6 nitrogen and oxygen atoms in total. The normalized spacial score (nSPS) is 14.8. The minimum Gasteiger partial charge on any atom is -0.494 e. The standard InChI is InChI=1S/C30H27NO5/c1-3-4-7-17-35-23-10-8-9-21(18-23)27-26-28(33)24-11-5-6-12-25(24)36-29(26)30(34)31(27)22-15-13-20(14-16-22)19(2)32/h5-6,8-16,18,27H,3-4,7,17H2,1-2H3. The number of unbranched alkanes of at least 4 members (excludes halogenated alkanes) is 2. The number of Topliss-reactive ketones (excluding diaryl/α,β-unsaturated/α-hetero) is 1. The van der Waals surface area contributed by atoms with E-state index in [0.717, 1.165) is 24.8 Å². The summed E-state index contributed by atoms with van der Waals surface area (Å²) in [4.78, 5) is 40.8. The van der Waals surface area contributed by atoms with Crippen LogP contribution in [0.3, 0.4) is 0 Å². The summed E-state index contributed by atoms with van der Waals surface area (Å²) in [6.07, 6.45) is 3.14. The van der Waals surface area contributed by atoms with E-state index in [1.165, 1.54) is 6.92 Å². The first kappa shape index (κ1) is 23.5. The van der Waals surface area contributed by atoms with Gasteiger partial charge in [0.25, 0.3) is 5.91 Å². The van der Waals surface area contributed by atoms with E-state index in [0.29, 0.717) is 40.1 Å². The SMILES string of the molecule is CCCCCOc1cccc(C2c3c(oc4ccccc4c3=O)C(=O)N2c2ccc(C(C)=O)cc2)c1. The molecule has 0 saturated heterocycles. The second-order valence-electron chi connectivity index (χ2n) is 8.98. The van der Waals surface area contributed by atoms with Crippen LogP contribution in [0.25, 0.3) is 11.0 Å². The quantitative estimate of drug-likeness (QED) is 0.218. The molecule has 1 atom stereocenters. The Balaban J connectivity index is 1.65. The highest BCUT2D eigenvalue weighted by molar-refractivity contribution is 6.11. The molecule has 0 fully saturated rings. The first-order valence-corrected chi connectivity index (χ1v) is 12.2. The number of carbonyl (C=O) groups is 2. The second-order valence-corrected chi connectivity index (χ2v) is 8.98. The zero-order chi connectivity index (χ0) is 25.2. The fraction of sp³-hybridized carbons (Fsp3) is 0.233. The molecule has 2 heterocycles. The van der Waals surface area contributed by atoms with Crippen molar-refractivity contribution in [2.75, 3.05) is 11.5 Å². The highest BCUT2D eigenvalue weighted by atomic mass is 16.5. The van der Waals surface area contributed by atoms with Crippen LogP contribution >= 0.6 is 0 Å². The molecule has 0 N–H and O–H groups in total. The average molecular weight is 482 g/mol. The van der Waals surface area contributed by atoms with Crippen molar-refractivity contribution >= 4 is 28.3 Å². The Labute approximate surface area is 209 Å². The summed E-state index contributed by atoms with van der Waals surface area (Å²) in [7, 11) is 0. The van der Waals surface area contributed by atoms with Crippen molar-refractivity contribution in [2.45, 2.75) is 39.2 Å². The van der Waals surface area contributed by atoms with Gasteiger partial charge in [-0.15, -0.1) is 0 Å². The molecule has 0 saturated carbocycles. The molecule has 0 bridgehead atoms. The van der Waals surface area contributed by atoms with E-state index in [9.17, 15) is 14.4 Å². The fourth-order valence-electron chi connectivity index (χ4n) is 4.67. The van der Waals surface area contributed by atoms with E-state index in [-0.39, 0.29) is 17.0 Å². The summed E-state index contributed by atoms with van der Waals surface area (Å²) in [5, 5.41) is 0.426. The zero-order valence-electron chi connectivity index (χ0n) is 20.3. The van der Waals surface area contributed by atoms with Crippen molar-refractivity contribution in [2.24, 2.45) is 0 Å². The maximum Gasteiger partial charge on any atom is 0.295 e. The van der Waals surface area contributed by atoms with Crippen LogP contribution in [0.4, 0.5) is 5.69 Å². The Morgan fingerprint density at radius 1 is 0.972 bits per heavy atom. The Hall–Kier alpha value is -4.19. The molecule has 182 valence electrons. The van der Waals surface area contributed by atoms with Crippen LogP contribution in [0.5, 0.6) is 5.75 Å². The van der Waals surface area contributed by atoms with Gasteiger partial charge in [-0.25, -0.2) is 0 Å². The number of nitrogens with zero attached hydrogens (tertiary/aromatic N) is 1. The van der Waals surface area contributed by atoms with Gasteiger partial charge in [0.05, 0.1) is 23.6 Å². The summed E-state index contributed by atoms with van der Waals surface area (Å²) in [6, 6.07) is 20.6. The minimum atomic E-state index is -0.698. The molecule has 5 rings (SSSR count). The van der Waals surface area contributed by atoms with Gasteiger partial charge in [-0.1, -0.05) is 44.0 Å². The fourth-order valence-corrected chi connectivity index (χ4v) is 4.67. The Kier molecular flexibility index (Phi) is 6.42. The Bertz CT molecular complexity index is 1500. The number of anilines is 1. The molecule has 0 spiro atoms. The smallest absolute Gasteiger partial charge is 0.295 e. The molecule has 6 heteroatoms. The van der Waals surface area contributed by atoms with Gasteiger partial charge in [0.2, 0.25) is 5.76 Å². The third-order valence-corrected chi connectivity index (χ3v) is 6.52. The van der Waals surface area contributed by atoms with Crippen molar-refractivity contribution < 1.29 is 18.7 Å². The van der Waals surface area contributed by atoms with Crippen molar-refractivity contribution in [1.82, 2.24) is 0 Å². The Morgan fingerprint density at radius 3 is 2.50 bits per heavy atom. The monoisotopic (exact) mass is 481 g/mol. The van der Waals surface area contributed by atoms with Gasteiger partial charge in [0.15, 0.2) is 11.2 Å². The van der Waals surface area contributed by atoms with E-state index in [1.54, 1.807) is 53.4 Å². The highest BCUT2D eigenvalue weighted by Gasteiger charge is 2.43. The van der Waals surface area contributed by atoms with Crippen molar-refractivity contribution in [3.05, 3.63) is 105 Å². The summed E-state index contributed by atoms with van der Waals surface area (Å²) < 4.78 is 12.0. The van der Waals surface area contributed by atoms with Crippen LogP contribution in [0.15, 0.2) is 82.0 Å². The van der Waals surface area contributed by atoms with Crippen LogP contribution in [0, 0.1) is 0 Å². The number of hydrogen-bond donors (Lipinski definition) is 0. The number of benzene rings is 3. The molecule has 1 unspecified atom stereocenters. The third-order valence-electron chi connectivity index (χ3n) is 6.52. The van der Waals surface area contributed by atoms with Crippen LogP contribution in [0.1, 0.15) is 71.2 Å². The summed E-state index contributed by atoms with van der Waals surface area (Å²) >= 11 is 0. The van der Waals surface area contributed by atoms with E-state index in [2.05, 4.69) is 6.92 Å². The lowest BCUT2D eigenvalue weighted by Gasteiger charge is -2.25. The maximum atomic E-state index is 13.7. The molecule has 0 aliphatic carbocycles. The highest BCUT2D eigenvalue weighted by Crippen LogP contribution is 2.42. The minimum absolute atomic E-state index is 0.0358. The van der Waals surface area contributed by atoms with Gasteiger partial charge >= 0.3 is 0 Å². The van der Waals surface area contributed by atoms with Gasteiger partial charge in [0, 0.05) is 11.3 Å². The second kappa shape index (κ2) is 9.82. The number of ether oxygens (including phenoxy) is 1. The number of ketones is 1. The molecule has 1 aromatic heterocycles. The van der Waals surface area contributed by atoms with Gasteiger partial charge in [-0.3, -0.25) is 19.3 Å². The zero-order valence-corrected chi connectivity index (χ0v) is 20.3. The van der Waals surface area contributed by atoms with Crippen molar-refractivity contribution in [3.8, 4) is 5.75 Å². The van der Waals surface area contributed by atoms with Crippen LogP contribution in [-0.4, -0.2) is 18.3 Å². The molecule has 0 radical (unpaired) electrons. The number of fused-ring (bicyclic) bond motifs is 2. The first-order chi connectivity index (χ1) is 17.5. The van der Waals surface area contributed by atoms with Crippen LogP contribution in [-0.2, 0) is 0 Å². The van der Waals surface area contributed by atoms with Gasteiger partial charge in [-0.2, -0.15) is 0 Å². The summed E-state index contributed by atoms with van der Waals surface area (Å²) in [5.41, 5.74) is 2.30. The van der Waals surface area contributed by atoms with E-state index in [4.69, 9.17) is 9.15 Å². The molecule has 4 aromatic rings. The predicted octanol–water partition coefficient (Wildman–Crippen LogP) is 6.31. The molecule has 1 amide bonds. The van der Waals surface area contributed by atoms with E-state index >= 15 is 0 Å². The molecule has 1 aliphatic heterocycles. The molecule has 3 aromatic carbocycles. The molecular weight excluding hydrogens is 454 g/mol. The Morgan fingerprint density at radius 2 is 1.75 bits per heavy atom. The summed E-state index contributed by atoms with van der Waals surface area (Å²) in [6.45, 7) is 4.23. The predicted molar refractivity (Wildman–Crippen MR) is 139 cm³/mol. The van der Waals surface area contributed by atoms with Crippen LogP contribution in [0.2, 0.25) is 0 Å². The lowest BCUT2D eigenvalue weighted by Crippen LogP contribution is -2.29. The van der Waals surface area contributed by atoms with E-state index < -0.39 is 11.9 Å². The maximum absolute atomic E-state index is 13.7. The topological polar surface area (TPSA) is 76.8 Å². The first-order valence-electron chi connectivity index (χ1n) is 12.2. The summed E-state index contributed by atoms with van der Waals surface area (Å²) in [5.74, 6) is 0.253. The number of rotatable bonds is 8. The van der Waals surface area contributed by atoms with Gasteiger partial charge in [-0.05, 0) is 67.4 Å². The molecular formula is C30H27NO5. The number of para-hydroxylation sites is 1. The lowest BCUT2D eigenvalue weighted by molar-refractivity contribution is 0.0970. The van der Waals surface area contributed by atoms with Gasteiger partial charge in [0.1, 0.15) is 11.3 Å². The number of amides is 1. The number of carbonyl (C=O) groups excluding carboxylic acids is 2. The van der Waals surface area contributed by atoms with Crippen molar-refractivity contribution in [1.29, 1.82) is 0 Å². The molecule has 1 aliphatic rings. The largest absolute Gasteiger partial charge is 0.494 e. The van der Waals surface area contributed by atoms with Crippen LogP contribution < -0.4 is 15.1 Å². The average Bonchev–Trinajstić information content (AvgIpc) is 3.19. The third kappa shape index (κ3) is 4.19. The van der Waals surface area contributed by atoms with Gasteiger partial charge < -0.3 is 9.15 Å². The van der Waals surface area contributed by atoms with Crippen molar-refractivity contribution in [3.63, 3.8) is 0 Å².